The average molecular weight is 485 g/mol. The first-order chi connectivity index (χ1) is 16.2. The summed E-state index contributed by atoms with van der Waals surface area (Å²) in [6.45, 7) is 5.46. The minimum Gasteiger partial charge on any atom is -0.493 e. The largest absolute Gasteiger partial charge is 0.573 e. The molecule has 0 spiro atoms. The Morgan fingerprint density at radius 3 is 2.59 bits per heavy atom. The monoisotopic (exact) mass is 484 g/mol. The van der Waals surface area contributed by atoms with Gasteiger partial charge < -0.3 is 14.6 Å². The van der Waals surface area contributed by atoms with E-state index in [2.05, 4.69) is 27.2 Å². The van der Waals surface area contributed by atoms with Gasteiger partial charge in [-0.15, -0.1) is 13.2 Å². The van der Waals surface area contributed by atoms with Crippen molar-refractivity contribution in [2.24, 2.45) is 11.3 Å². The molecule has 0 aliphatic heterocycles. The number of aliphatic hydroxyl groups is 1. The number of nitrogens with zero attached hydrogens (tertiary/aromatic N) is 3. The van der Waals surface area contributed by atoms with Gasteiger partial charge in [0.25, 0.3) is 0 Å². The zero-order valence-electron chi connectivity index (χ0n) is 19.3. The Morgan fingerprint density at radius 2 is 1.97 bits per heavy atom. The molecule has 1 aromatic carbocycles. The Balaban J connectivity index is 1.81. The second-order valence-corrected chi connectivity index (χ2v) is 8.54. The van der Waals surface area contributed by atoms with Crippen molar-refractivity contribution < 1.29 is 32.6 Å². The molecule has 34 heavy (non-hydrogen) atoms. The molecule has 2 N–H and O–H groups in total. The summed E-state index contributed by atoms with van der Waals surface area (Å²) in [6.07, 6.45) is 1.37. The van der Waals surface area contributed by atoms with Gasteiger partial charge in [-0.2, -0.15) is 5.10 Å². The maximum absolute atomic E-state index is 12.4. The number of allylic oxidation sites excluding steroid dienone is 1. The van der Waals surface area contributed by atoms with Gasteiger partial charge in [-0.3, -0.25) is 10.3 Å². The Morgan fingerprint density at radius 1 is 1.24 bits per heavy atom. The van der Waals surface area contributed by atoms with E-state index in [4.69, 9.17) is 9.57 Å². The van der Waals surface area contributed by atoms with Crippen molar-refractivity contribution in [2.75, 3.05) is 19.8 Å². The molecule has 2 atom stereocenters. The zero-order valence-corrected chi connectivity index (χ0v) is 19.3. The second-order valence-electron chi connectivity index (χ2n) is 8.54. The number of alkyl halides is 3. The van der Waals surface area contributed by atoms with Crippen LogP contribution in [0.1, 0.15) is 39.5 Å². The molecule has 1 aliphatic rings. The maximum atomic E-state index is 12.4. The van der Waals surface area contributed by atoms with Crippen LogP contribution in [0.3, 0.4) is 0 Å². The standard InChI is InChI=1S/C23H31F3N4O4/c1-3-12-33-29-21-20(13-30-16-27-15-28-30)17(8-9-22(21,2)10-11-31)14-32-18-4-6-19(7-5-18)34-23(24,25)26/h4-7,15-17,29,31H,3,8-14H2,1-2H3/t17-,22-/m0/s1. The zero-order chi connectivity index (χ0) is 24.6. The Hall–Kier alpha value is -2.79. The number of benzene rings is 1. The summed E-state index contributed by atoms with van der Waals surface area (Å²) in [4.78, 5) is 9.72. The lowest BCUT2D eigenvalue weighted by molar-refractivity contribution is -0.274. The number of ether oxygens (including phenoxy) is 2. The van der Waals surface area contributed by atoms with Crippen LogP contribution in [0.4, 0.5) is 13.2 Å². The molecule has 0 saturated heterocycles. The van der Waals surface area contributed by atoms with Crippen molar-refractivity contribution in [2.45, 2.75) is 52.4 Å². The van der Waals surface area contributed by atoms with Crippen LogP contribution in [0, 0.1) is 11.3 Å². The van der Waals surface area contributed by atoms with Gasteiger partial charge in [-0.05, 0) is 55.5 Å². The minimum atomic E-state index is -4.74. The smallest absolute Gasteiger partial charge is 0.493 e. The van der Waals surface area contributed by atoms with Crippen molar-refractivity contribution >= 4 is 0 Å². The summed E-state index contributed by atoms with van der Waals surface area (Å²) in [7, 11) is 0. The van der Waals surface area contributed by atoms with Gasteiger partial charge in [0.1, 0.15) is 24.2 Å². The number of aliphatic hydroxyl groups excluding tert-OH is 1. The number of hydrogen-bond acceptors (Lipinski definition) is 7. The molecule has 0 unspecified atom stereocenters. The highest BCUT2D eigenvalue weighted by atomic mass is 19.4. The maximum Gasteiger partial charge on any atom is 0.573 e. The summed E-state index contributed by atoms with van der Waals surface area (Å²) in [5.74, 6) is 0.133. The van der Waals surface area contributed by atoms with E-state index >= 15 is 0 Å². The summed E-state index contributed by atoms with van der Waals surface area (Å²) in [6, 6.07) is 5.34. The van der Waals surface area contributed by atoms with Gasteiger partial charge in [-0.1, -0.05) is 13.8 Å². The van der Waals surface area contributed by atoms with Crippen LogP contribution in [-0.2, 0) is 11.4 Å². The lowest BCUT2D eigenvalue weighted by atomic mass is 9.69. The van der Waals surface area contributed by atoms with E-state index in [1.54, 1.807) is 11.0 Å². The molecule has 1 aliphatic carbocycles. The first kappa shape index (κ1) is 25.8. The lowest BCUT2D eigenvalue weighted by Gasteiger charge is -2.41. The molecule has 2 aromatic rings. The Kier molecular flexibility index (Phi) is 8.78. The van der Waals surface area contributed by atoms with Gasteiger partial charge in [0, 0.05) is 23.6 Å². The van der Waals surface area contributed by atoms with Crippen LogP contribution in [0.15, 0.2) is 48.2 Å². The fourth-order valence-corrected chi connectivity index (χ4v) is 4.11. The van der Waals surface area contributed by atoms with E-state index in [0.29, 0.717) is 31.9 Å². The SMILES string of the molecule is CCCONC1=C(Cn2cncn2)[C@H](COc2ccc(OC(F)(F)F)cc2)CC[C@@]1(C)CCO. The molecule has 0 saturated carbocycles. The van der Waals surface area contributed by atoms with Crippen LogP contribution >= 0.6 is 0 Å². The van der Waals surface area contributed by atoms with Crippen LogP contribution in [0.25, 0.3) is 0 Å². The van der Waals surface area contributed by atoms with Crippen molar-refractivity contribution in [3.05, 3.63) is 48.2 Å². The molecule has 1 heterocycles. The highest BCUT2D eigenvalue weighted by molar-refractivity contribution is 5.32. The first-order valence-electron chi connectivity index (χ1n) is 11.3. The van der Waals surface area contributed by atoms with Crippen molar-refractivity contribution in [1.29, 1.82) is 0 Å². The molecule has 1 aromatic heterocycles. The average Bonchev–Trinajstić information content (AvgIpc) is 3.29. The first-order valence-corrected chi connectivity index (χ1v) is 11.3. The summed E-state index contributed by atoms with van der Waals surface area (Å²) in [5.41, 5.74) is 4.76. The summed E-state index contributed by atoms with van der Waals surface area (Å²) >= 11 is 0. The molecule has 0 bridgehead atoms. The number of hydroxylamine groups is 1. The van der Waals surface area contributed by atoms with Gasteiger partial charge >= 0.3 is 6.36 Å². The van der Waals surface area contributed by atoms with Crippen molar-refractivity contribution in [3.8, 4) is 11.5 Å². The molecular weight excluding hydrogens is 453 g/mol. The number of rotatable bonds is 12. The third-order valence-corrected chi connectivity index (χ3v) is 5.91. The van der Waals surface area contributed by atoms with E-state index in [0.717, 1.165) is 30.5 Å². The molecule has 0 fully saturated rings. The van der Waals surface area contributed by atoms with Crippen LogP contribution in [0.2, 0.25) is 0 Å². The third-order valence-electron chi connectivity index (χ3n) is 5.91. The fourth-order valence-electron chi connectivity index (χ4n) is 4.11. The molecule has 11 heteroatoms. The Labute approximate surface area is 196 Å². The minimum absolute atomic E-state index is 0.00482. The number of aromatic nitrogens is 3. The summed E-state index contributed by atoms with van der Waals surface area (Å²) < 4.78 is 48.8. The quantitative estimate of drug-likeness (QED) is 0.344. The van der Waals surface area contributed by atoms with Crippen molar-refractivity contribution in [3.63, 3.8) is 0 Å². The molecule has 8 nitrogen and oxygen atoms in total. The van der Waals surface area contributed by atoms with E-state index in [1.807, 2.05) is 6.92 Å². The molecule has 3 rings (SSSR count). The van der Waals surface area contributed by atoms with Gasteiger partial charge in [0.05, 0.1) is 19.8 Å². The van der Waals surface area contributed by atoms with E-state index < -0.39 is 6.36 Å². The van der Waals surface area contributed by atoms with Gasteiger partial charge in [0.2, 0.25) is 0 Å². The van der Waals surface area contributed by atoms with Crippen LogP contribution < -0.4 is 15.0 Å². The topological polar surface area (TPSA) is 90.7 Å². The molecular formula is C23H31F3N4O4. The Bertz CT molecular complexity index is 919. The van der Waals surface area contributed by atoms with E-state index in [9.17, 15) is 18.3 Å². The van der Waals surface area contributed by atoms with Crippen molar-refractivity contribution in [1.82, 2.24) is 20.2 Å². The van der Waals surface area contributed by atoms with Crippen LogP contribution in [-0.4, -0.2) is 46.1 Å². The van der Waals surface area contributed by atoms with E-state index in [-0.39, 0.29) is 23.7 Å². The van der Waals surface area contributed by atoms with Gasteiger partial charge in [-0.25, -0.2) is 9.67 Å². The predicted molar refractivity (Wildman–Crippen MR) is 118 cm³/mol. The third kappa shape index (κ3) is 7.10. The normalized spacial score (nSPS) is 20.9. The number of nitrogens with one attached hydrogen (secondary N) is 1. The second kappa shape index (κ2) is 11.6. The molecule has 0 radical (unpaired) electrons. The highest BCUT2D eigenvalue weighted by Crippen LogP contribution is 2.45. The fraction of sp³-hybridized carbons (Fsp3) is 0.565. The van der Waals surface area contributed by atoms with Crippen LogP contribution in [0.5, 0.6) is 11.5 Å². The highest BCUT2D eigenvalue weighted by Gasteiger charge is 2.39. The van der Waals surface area contributed by atoms with E-state index in [1.165, 1.54) is 30.6 Å². The number of hydrogen-bond donors (Lipinski definition) is 2. The molecule has 188 valence electrons. The number of halogens is 3. The predicted octanol–water partition coefficient (Wildman–Crippen LogP) is 4.24. The lowest BCUT2D eigenvalue weighted by Crippen LogP contribution is -2.39. The van der Waals surface area contributed by atoms with Gasteiger partial charge in [0.15, 0.2) is 0 Å². The summed E-state index contributed by atoms with van der Waals surface area (Å²) in [5, 5.41) is 13.9. The molecule has 0 amide bonds.